The molecule has 0 atom stereocenters. The summed E-state index contributed by atoms with van der Waals surface area (Å²) >= 11 is 0. The minimum absolute atomic E-state index is 0.0186. The number of amides is 1. The van der Waals surface area contributed by atoms with Crippen molar-refractivity contribution < 1.29 is 9.18 Å². The van der Waals surface area contributed by atoms with Gasteiger partial charge in [-0.05, 0) is 37.1 Å². The summed E-state index contributed by atoms with van der Waals surface area (Å²) in [4.78, 5) is 11.6. The Bertz CT molecular complexity index is 357. The Morgan fingerprint density at radius 1 is 1.33 bits per heavy atom. The number of hydrogen-bond acceptors (Lipinski definition) is 2. The maximum Gasteiger partial charge on any atom is 0.227 e. The molecule has 0 heterocycles. The molecule has 1 fully saturated rings. The second-order valence-corrected chi connectivity index (χ2v) is 3.92. The molecule has 1 aliphatic carbocycles. The van der Waals surface area contributed by atoms with Crippen LogP contribution in [0, 0.1) is 11.7 Å². The van der Waals surface area contributed by atoms with Crippen LogP contribution >= 0.6 is 0 Å². The highest BCUT2D eigenvalue weighted by Crippen LogP contribution is 2.26. The van der Waals surface area contributed by atoms with Gasteiger partial charge in [-0.3, -0.25) is 4.79 Å². The monoisotopic (exact) mass is 208 g/mol. The van der Waals surface area contributed by atoms with E-state index in [1.807, 2.05) is 0 Å². The quantitative estimate of drug-likeness (QED) is 0.773. The van der Waals surface area contributed by atoms with E-state index in [2.05, 4.69) is 5.32 Å². The average Bonchev–Trinajstić information content (AvgIpc) is 2.17. The first kappa shape index (κ1) is 10.1. The van der Waals surface area contributed by atoms with E-state index in [1.165, 1.54) is 12.1 Å². The number of halogens is 1. The summed E-state index contributed by atoms with van der Waals surface area (Å²) in [5, 5.41) is 2.73. The standard InChI is InChI=1S/C11H13FN2O/c12-8-1-3-10(4-2-8)14-11(15)7-5-9(13)6-7/h1-4,7,9H,5-6,13H2,(H,14,15). The maximum atomic E-state index is 12.6. The van der Waals surface area contributed by atoms with Crippen LogP contribution < -0.4 is 11.1 Å². The number of nitrogens with one attached hydrogen (secondary N) is 1. The molecule has 15 heavy (non-hydrogen) atoms. The molecule has 3 nitrogen and oxygen atoms in total. The molecule has 0 aromatic heterocycles. The Hall–Kier alpha value is -1.42. The van der Waals surface area contributed by atoms with E-state index in [0.717, 1.165) is 12.8 Å². The molecule has 4 heteroatoms. The number of carbonyl (C=O) groups excluding carboxylic acids is 1. The summed E-state index contributed by atoms with van der Waals surface area (Å²) < 4.78 is 12.6. The lowest BCUT2D eigenvalue weighted by atomic mass is 9.80. The molecule has 0 saturated heterocycles. The van der Waals surface area contributed by atoms with Gasteiger partial charge in [-0.25, -0.2) is 4.39 Å². The van der Waals surface area contributed by atoms with Gasteiger partial charge in [0.05, 0.1) is 0 Å². The molecule has 2 rings (SSSR count). The Morgan fingerprint density at radius 2 is 1.93 bits per heavy atom. The van der Waals surface area contributed by atoms with Crippen LogP contribution in [0.3, 0.4) is 0 Å². The second-order valence-electron chi connectivity index (χ2n) is 3.92. The molecule has 0 radical (unpaired) electrons. The number of benzene rings is 1. The van der Waals surface area contributed by atoms with Crippen LogP contribution in [0.2, 0.25) is 0 Å². The van der Waals surface area contributed by atoms with Crippen molar-refractivity contribution in [2.75, 3.05) is 5.32 Å². The van der Waals surface area contributed by atoms with E-state index in [-0.39, 0.29) is 23.7 Å². The number of carbonyl (C=O) groups is 1. The van der Waals surface area contributed by atoms with Crippen LogP contribution in [0.25, 0.3) is 0 Å². The van der Waals surface area contributed by atoms with E-state index in [0.29, 0.717) is 5.69 Å². The molecular weight excluding hydrogens is 195 g/mol. The third-order valence-corrected chi connectivity index (χ3v) is 2.66. The maximum absolute atomic E-state index is 12.6. The second kappa shape index (κ2) is 3.98. The molecule has 3 N–H and O–H groups in total. The highest BCUT2D eigenvalue weighted by molar-refractivity contribution is 5.93. The SMILES string of the molecule is NC1CC(C(=O)Nc2ccc(F)cc2)C1. The number of rotatable bonds is 2. The van der Waals surface area contributed by atoms with Crippen molar-refractivity contribution in [2.45, 2.75) is 18.9 Å². The lowest BCUT2D eigenvalue weighted by molar-refractivity contribution is -0.122. The smallest absolute Gasteiger partial charge is 0.227 e. The molecule has 0 aliphatic heterocycles. The van der Waals surface area contributed by atoms with Crippen LogP contribution in [-0.2, 0) is 4.79 Å². The molecule has 0 spiro atoms. The fourth-order valence-electron chi connectivity index (χ4n) is 1.65. The minimum atomic E-state index is -0.307. The van der Waals surface area contributed by atoms with Gasteiger partial charge in [-0.2, -0.15) is 0 Å². The van der Waals surface area contributed by atoms with Gasteiger partial charge in [0.15, 0.2) is 0 Å². The first-order valence-corrected chi connectivity index (χ1v) is 4.97. The van der Waals surface area contributed by atoms with Gasteiger partial charge in [-0.1, -0.05) is 0 Å². The van der Waals surface area contributed by atoms with Crippen LogP contribution in [0.1, 0.15) is 12.8 Å². The Balaban J connectivity index is 1.91. The summed E-state index contributed by atoms with van der Waals surface area (Å²) in [7, 11) is 0. The zero-order valence-electron chi connectivity index (χ0n) is 8.24. The zero-order valence-corrected chi connectivity index (χ0v) is 8.24. The summed E-state index contributed by atoms with van der Waals surface area (Å²) in [5.74, 6) is -0.313. The van der Waals surface area contributed by atoms with E-state index in [9.17, 15) is 9.18 Å². The van der Waals surface area contributed by atoms with Gasteiger partial charge >= 0.3 is 0 Å². The summed E-state index contributed by atoms with van der Waals surface area (Å²) in [6, 6.07) is 5.90. The molecule has 1 amide bonds. The van der Waals surface area contributed by atoms with Gasteiger partial charge in [0, 0.05) is 17.6 Å². The zero-order chi connectivity index (χ0) is 10.8. The van der Waals surface area contributed by atoms with Crippen molar-refractivity contribution in [3.8, 4) is 0 Å². The van der Waals surface area contributed by atoms with Gasteiger partial charge in [0.1, 0.15) is 5.82 Å². The van der Waals surface area contributed by atoms with Gasteiger partial charge < -0.3 is 11.1 Å². The summed E-state index contributed by atoms with van der Waals surface area (Å²) in [5.41, 5.74) is 6.22. The summed E-state index contributed by atoms with van der Waals surface area (Å²) in [6.07, 6.45) is 1.49. The molecule has 80 valence electrons. The first-order valence-electron chi connectivity index (χ1n) is 4.97. The fourth-order valence-corrected chi connectivity index (χ4v) is 1.65. The highest BCUT2D eigenvalue weighted by atomic mass is 19.1. The minimum Gasteiger partial charge on any atom is -0.328 e. The highest BCUT2D eigenvalue weighted by Gasteiger charge is 2.31. The van der Waals surface area contributed by atoms with Crippen LogP contribution in [-0.4, -0.2) is 11.9 Å². The lowest BCUT2D eigenvalue weighted by Crippen LogP contribution is -2.42. The molecule has 1 aromatic rings. The topological polar surface area (TPSA) is 55.1 Å². The van der Waals surface area contributed by atoms with Crippen LogP contribution in [0.5, 0.6) is 0 Å². The van der Waals surface area contributed by atoms with Crippen molar-refractivity contribution >= 4 is 11.6 Å². The van der Waals surface area contributed by atoms with Gasteiger partial charge in [-0.15, -0.1) is 0 Å². The first-order chi connectivity index (χ1) is 7.15. The van der Waals surface area contributed by atoms with E-state index in [1.54, 1.807) is 12.1 Å². The van der Waals surface area contributed by atoms with E-state index >= 15 is 0 Å². The van der Waals surface area contributed by atoms with Gasteiger partial charge in [0.25, 0.3) is 0 Å². The predicted octanol–water partition coefficient (Wildman–Crippen LogP) is 1.50. The van der Waals surface area contributed by atoms with Gasteiger partial charge in [0.2, 0.25) is 5.91 Å². The Morgan fingerprint density at radius 3 is 2.47 bits per heavy atom. The Labute approximate surface area is 87.5 Å². The van der Waals surface area contributed by atoms with E-state index in [4.69, 9.17) is 5.73 Å². The van der Waals surface area contributed by atoms with E-state index < -0.39 is 0 Å². The predicted molar refractivity (Wildman–Crippen MR) is 55.7 cm³/mol. The Kier molecular flexibility index (Phi) is 2.68. The van der Waals surface area contributed by atoms with Crippen molar-refractivity contribution in [3.05, 3.63) is 30.1 Å². The number of anilines is 1. The number of nitrogens with two attached hydrogens (primary N) is 1. The average molecular weight is 208 g/mol. The molecule has 1 saturated carbocycles. The van der Waals surface area contributed by atoms with Crippen molar-refractivity contribution in [1.29, 1.82) is 0 Å². The number of hydrogen-bond donors (Lipinski definition) is 2. The molecule has 1 aliphatic rings. The van der Waals surface area contributed by atoms with Crippen molar-refractivity contribution in [3.63, 3.8) is 0 Å². The lowest BCUT2D eigenvalue weighted by Gasteiger charge is -2.31. The van der Waals surface area contributed by atoms with Crippen LogP contribution in [0.15, 0.2) is 24.3 Å². The molecule has 0 unspecified atom stereocenters. The fraction of sp³-hybridized carbons (Fsp3) is 0.364. The molecule has 0 bridgehead atoms. The third-order valence-electron chi connectivity index (χ3n) is 2.66. The van der Waals surface area contributed by atoms with Crippen molar-refractivity contribution in [2.24, 2.45) is 11.7 Å². The molecule has 1 aromatic carbocycles. The largest absolute Gasteiger partial charge is 0.328 e. The normalized spacial score (nSPS) is 24.4. The van der Waals surface area contributed by atoms with Crippen molar-refractivity contribution in [1.82, 2.24) is 0 Å². The molecular formula is C11H13FN2O. The summed E-state index contributed by atoms with van der Waals surface area (Å²) in [6.45, 7) is 0. The third kappa shape index (κ3) is 2.33. The van der Waals surface area contributed by atoms with Crippen LogP contribution in [0.4, 0.5) is 10.1 Å².